The summed E-state index contributed by atoms with van der Waals surface area (Å²) in [6, 6.07) is 12.8. The highest BCUT2D eigenvalue weighted by Crippen LogP contribution is 2.14. The van der Waals surface area contributed by atoms with E-state index in [0.29, 0.717) is 17.8 Å². The normalized spacial score (nSPS) is 10.4. The van der Waals surface area contributed by atoms with Crippen molar-refractivity contribution in [3.8, 4) is 0 Å². The van der Waals surface area contributed by atoms with Crippen molar-refractivity contribution < 1.29 is 19.5 Å². The molecule has 3 amide bonds. The average molecular weight is 369 g/mol. The summed E-state index contributed by atoms with van der Waals surface area (Å²) in [5.41, 5.74) is 1.99. The molecule has 2 rings (SSSR count). The summed E-state index contributed by atoms with van der Waals surface area (Å²) in [4.78, 5) is 36.9. The lowest BCUT2D eigenvalue weighted by Crippen LogP contribution is -2.34. The molecule has 0 spiro atoms. The number of aromatic carboxylic acids is 1. The first-order valence-electron chi connectivity index (χ1n) is 8.51. The highest BCUT2D eigenvalue weighted by molar-refractivity contribution is 5.96. The first kappa shape index (κ1) is 20.0. The molecule has 2 aromatic rings. The topological polar surface area (TPSA) is 98.7 Å². The number of carbonyl (C=O) groups is 3. The van der Waals surface area contributed by atoms with Gasteiger partial charge in [0.05, 0.1) is 5.56 Å². The van der Waals surface area contributed by atoms with Gasteiger partial charge in [-0.05, 0) is 49.7 Å². The van der Waals surface area contributed by atoms with E-state index in [1.807, 2.05) is 13.8 Å². The molecule has 142 valence electrons. The van der Waals surface area contributed by atoms with Crippen LogP contribution in [0.4, 0.5) is 10.5 Å². The van der Waals surface area contributed by atoms with E-state index < -0.39 is 5.97 Å². The molecule has 27 heavy (non-hydrogen) atoms. The second-order valence-electron chi connectivity index (χ2n) is 6.50. The molecule has 7 nitrogen and oxygen atoms in total. The van der Waals surface area contributed by atoms with Gasteiger partial charge in [-0.15, -0.1) is 0 Å². The van der Waals surface area contributed by atoms with E-state index in [0.717, 1.165) is 5.56 Å². The largest absolute Gasteiger partial charge is 0.478 e. The summed E-state index contributed by atoms with van der Waals surface area (Å²) in [5.74, 6) is -1.19. The number of benzene rings is 2. The molecule has 0 unspecified atom stereocenters. The van der Waals surface area contributed by atoms with Crippen molar-refractivity contribution in [3.63, 3.8) is 0 Å². The average Bonchev–Trinajstić information content (AvgIpc) is 2.61. The molecule has 0 atom stereocenters. The molecule has 0 saturated heterocycles. The number of urea groups is 1. The molecular formula is C20H23N3O4. The number of nitrogens with one attached hydrogen (secondary N) is 2. The van der Waals surface area contributed by atoms with Gasteiger partial charge in [-0.25, -0.2) is 9.59 Å². The predicted octanol–water partition coefficient (Wildman–Crippen LogP) is 3.19. The maximum Gasteiger partial charge on any atom is 0.335 e. The molecule has 0 saturated carbocycles. The fourth-order valence-corrected chi connectivity index (χ4v) is 2.48. The van der Waals surface area contributed by atoms with E-state index in [-0.39, 0.29) is 23.5 Å². The van der Waals surface area contributed by atoms with Crippen molar-refractivity contribution in [2.75, 3.05) is 12.4 Å². The Morgan fingerprint density at radius 3 is 2.30 bits per heavy atom. The van der Waals surface area contributed by atoms with Crippen LogP contribution in [0.25, 0.3) is 0 Å². The molecular weight excluding hydrogens is 346 g/mol. The third-order valence-corrected chi connectivity index (χ3v) is 3.75. The molecule has 0 bridgehead atoms. The summed E-state index contributed by atoms with van der Waals surface area (Å²) in [7, 11) is 1.67. The Morgan fingerprint density at radius 2 is 1.70 bits per heavy atom. The van der Waals surface area contributed by atoms with Gasteiger partial charge in [0.2, 0.25) is 0 Å². The van der Waals surface area contributed by atoms with Crippen LogP contribution in [0.1, 0.15) is 40.1 Å². The van der Waals surface area contributed by atoms with Gasteiger partial charge >= 0.3 is 12.0 Å². The monoisotopic (exact) mass is 369 g/mol. The Balaban J connectivity index is 2.04. The van der Waals surface area contributed by atoms with E-state index >= 15 is 0 Å². The summed E-state index contributed by atoms with van der Waals surface area (Å²) in [5, 5.41) is 14.4. The van der Waals surface area contributed by atoms with Crippen LogP contribution >= 0.6 is 0 Å². The minimum absolute atomic E-state index is 0.00784. The highest BCUT2D eigenvalue weighted by Gasteiger charge is 2.14. The second kappa shape index (κ2) is 8.84. The zero-order chi connectivity index (χ0) is 20.0. The number of hydrogen-bond acceptors (Lipinski definition) is 3. The predicted molar refractivity (Wildman–Crippen MR) is 103 cm³/mol. The fraction of sp³-hybridized carbons (Fsp3) is 0.250. The summed E-state index contributed by atoms with van der Waals surface area (Å²) >= 11 is 0. The molecule has 2 aromatic carbocycles. The molecule has 0 aliphatic heterocycles. The SMILES string of the molecule is CC(C)NC(=O)Nc1cccc(C(=O)N(C)Cc2ccc(C(=O)O)cc2)c1. The summed E-state index contributed by atoms with van der Waals surface area (Å²) < 4.78 is 0. The molecule has 0 aromatic heterocycles. The number of nitrogens with zero attached hydrogens (tertiary/aromatic N) is 1. The van der Waals surface area contributed by atoms with Gasteiger partial charge < -0.3 is 20.6 Å². The van der Waals surface area contributed by atoms with Crippen molar-refractivity contribution in [2.24, 2.45) is 0 Å². The van der Waals surface area contributed by atoms with Gasteiger partial charge in [0.25, 0.3) is 5.91 Å². The third-order valence-electron chi connectivity index (χ3n) is 3.75. The smallest absolute Gasteiger partial charge is 0.335 e. The van der Waals surface area contributed by atoms with Gasteiger partial charge in [0.1, 0.15) is 0 Å². The van der Waals surface area contributed by atoms with E-state index in [1.165, 1.54) is 17.0 Å². The second-order valence-corrected chi connectivity index (χ2v) is 6.50. The highest BCUT2D eigenvalue weighted by atomic mass is 16.4. The van der Waals surface area contributed by atoms with E-state index in [9.17, 15) is 14.4 Å². The number of carboxylic acids is 1. The molecule has 0 radical (unpaired) electrons. The summed E-state index contributed by atoms with van der Waals surface area (Å²) in [6.07, 6.45) is 0. The van der Waals surface area contributed by atoms with Crippen LogP contribution in [0.3, 0.4) is 0 Å². The van der Waals surface area contributed by atoms with Crippen molar-refractivity contribution in [2.45, 2.75) is 26.4 Å². The Labute approximate surface area is 158 Å². The maximum absolute atomic E-state index is 12.6. The van der Waals surface area contributed by atoms with Gasteiger partial charge in [-0.3, -0.25) is 4.79 Å². The van der Waals surface area contributed by atoms with Gasteiger partial charge in [-0.2, -0.15) is 0 Å². The number of amides is 3. The van der Waals surface area contributed by atoms with Gasteiger partial charge in [-0.1, -0.05) is 18.2 Å². The number of carbonyl (C=O) groups excluding carboxylic acids is 2. The van der Waals surface area contributed by atoms with Crippen LogP contribution in [0.15, 0.2) is 48.5 Å². The maximum atomic E-state index is 12.6. The molecule has 0 fully saturated rings. The lowest BCUT2D eigenvalue weighted by molar-refractivity contribution is 0.0695. The Hall–Kier alpha value is -3.35. The first-order chi connectivity index (χ1) is 12.8. The minimum Gasteiger partial charge on any atom is -0.478 e. The zero-order valence-electron chi connectivity index (χ0n) is 15.5. The third kappa shape index (κ3) is 5.85. The summed E-state index contributed by atoms with van der Waals surface area (Å²) in [6.45, 7) is 4.05. The quantitative estimate of drug-likeness (QED) is 0.728. The lowest BCUT2D eigenvalue weighted by Gasteiger charge is -2.18. The molecule has 0 aliphatic carbocycles. The molecule has 0 aliphatic rings. The van der Waals surface area contributed by atoms with E-state index in [2.05, 4.69) is 10.6 Å². The first-order valence-corrected chi connectivity index (χ1v) is 8.51. The van der Waals surface area contributed by atoms with Gasteiger partial charge in [0.15, 0.2) is 0 Å². The molecule has 3 N–H and O–H groups in total. The van der Waals surface area contributed by atoms with Crippen LogP contribution < -0.4 is 10.6 Å². The zero-order valence-corrected chi connectivity index (χ0v) is 15.5. The standard InChI is InChI=1S/C20H23N3O4/c1-13(2)21-20(27)22-17-6-4-5-16(11-17)18(24)23(3)12-14-7-9-15(10-8-14)19(25)26/h4-11,13H,12H2,1-3H3,(H,25,26)(H2,21,22,27). The lowest BCUT2D eigenvalue weighted by atomic mass is 10.1. The van der Waals surface area contributed by atoms with Crippen LogP contribution in [0.5, 0.6) is 0 Å². The van der Waals surface area contributed by atoms with E-state index in [1.54, 1.807) is 43.4 Å². The van der Waals surface area contributed by atoms with Crippen LogP contribution in [0, 0.1) is 0 Å². The van der Waals surface area contributed by atoms with Gasteiger partial charge in [0, 0.05) is 30.9 Å². The van der Waals surface area contributed by atoms with E-state index in [4.69, 9.17) is 5.11 Å². The Kier molecular flexibility index (Phi) is 6.54. The van der Waals surface area contributed by atoms with Crippen molar-refractivity contribution >= 4 is 23.6 Å². The fourth-order valence-electron chi connectivity index (χ4n) is 2.48. The minimum atomic E-state index is -0.989. The Bertz CT molecular complexity index is 831. The van der Waals surface area contributed by atoms with Crippen molar-refractivity contribution in [1.82, 2.24) is 10.2 Å². The van der Waals surface area contributed by atoms with Crippen LogP contribution in [-0.2, 0) is 6.54 Å². The van der Waals surface area contributed by atoms with Crippen molar-refractivity contribution in [1.29, 1.82) is 0 Å². The number of anilines is 1. The Morgan fingerprint density at radius 1 is 1.04 bits per heavy atom. The van der Waals surface area contributed by atoms with Crippen molar-refractivity contribution in [3.05, 3.63) is 65.2 Å². The van der Waals surface area contributed by atoms with Crippen LogP contribution in [0.2, 0.25) is 0 Å². The number of rotatable bonds is 6. The molecule has 0 heterocycles. The molecule has 7 heteroatoms. The number of hydrogen-bond donors (Lipinski definition) is 3. The number of carboxylic acid groups (broad SMARTS) is 1. The van der Waals surface area contributed by atoms with Crippen LogP contribution in [-0.4, -0.2) is 41.0 Å².